The van der Waals surface area contributed by atoms with Crippen LogP contribution < -0.4 is 20.4 Å². The Morgan fingerprint density at radius 3 is 1.88 bits per heavy atom. The number of alkyl carbamates (subject to hydrolysis) is 2. The van der Waals surface area contributed by atoms with Gasteiger partial charge in [0.2, 0.25) is 0 Å². The number of hydrogen-bond donors (Lipinski definition) is 4. The summed E-state index contributed by atoms with van der Waals surface area (Å²) in [7, 11) is 2.61. The Morgan fingerprint density at radius 2 is 1.29 bits per heavy atom. The van der Waals surface area contributed by atoms with E-state index in [1.54, 1.807) is 0 Å². The van der Waals surface area contributed by atoms with Crippen LogP contribution >= 0.6 is 0 Å². The van der Waals surface area contributed by atoms with Gasteiger partial charge in [-0.2, -0.15) is 0 Å². The summed E-state index contributed by atoms with van der Waals surface area (Å²) in [5.74, 6) is 0.560. The van der Waals surface area contributed by atoms with E-state index < -0.39 is 35.9 Å². The fourth-order valence-electron chi connectivity index (χ4n) is 14.5. The molecule has 2 saturated carbocycles. The summed E-state index contributed by atoms with van der Waals surface area (Å²) in [4.78, 5) is 75.3. The number of rotatable bonds is 13. The van der Waals surface area contributed by atoms with Gasteiger partial charge in [0.15, 0.2) is 29.3 Å². The molecule has 5 aromatic rings. The number of hydrogen-bond acceptors (Lipinski definition) is 10. The lowest BCUT2D eigenvalue weighted by molar-refractivity contribution is -0.866. The fraction of sp³-hybridized carbons (Fsp3) is 0.571. The second-order valence-corrected chi connectivity index (χ2v) is 22.8. The Balaban J connectivity index is 0.929. The number of Topliss-reactive ketones (excluding diaryl/α,β-unsaturated/α-hetero) is 1. The number of piperidine rings is 2. The molecule has 15 nitrogen and oxygen atoms in total. The number of ketones is 1. The molecule has 2 aliphatic carbocycles. The molecule has 2 aromatic heterocycles. The van der Waals surface area contributed by atoms with Crippen LogP contribution in [-0.4, -0.2) is 101 Å². The zero-order valence-corrected chi connectivity index (χ0v) is 42.9. The van der Waals surface area contributed by atoms with Crippen molar-refractivity contribution in [3.63, 3.8) is 0 Å². The molecule has 0 radical (unpaired) electrons. The number of halogens is 2. The second-order valence-electron chi connectivity index (χ2n) is 22.8. The largest absolute Gasteiger partial charge is 0.453 e. The van der Waals surface area contributed by atoms with Gasteiger partial charge in [-0.1, -0.05) is 39.8 Å². The molecule has 3 amide bonds. The van der Waals surface area contributed by atoms with Gasteiger partial charge in [0.25, 0.3) is 0 Å². The Labute approximate surface area is 425 Å². The smallest absolute Gasteiger partial charge is 0.407 e. The van der Waals surface area contributed by atoms with E-state index in [0.29, 0.717) is 56.5 Å². The SMILES string of the molecule is COC(=O)N[C@H](C(=O)C1C2CCC(C2)[C@H]1c1nc2ccc([C@H]3CC[C@H](c4ccc5nc([C@H]6CC7CC[N+]6(C(=O)[C@@H](NC(=O)OC)C(C)C)C7)[nH]c5c4)N3c3cc(F)c(N4CCCCC4)c(F)c3)cc2[nH]1)C(C)C. The number of H-pyrrole nitrogens is 2. The van der Waals surface area contributed by atoms with E-state index in [0.717, 1.165) is 96.2 Å². The van der Waals surface area contributed by atoms with Crippen LogP contribution in [0.1, 0.15) is 139 Å². The number of imidazole rings is 2. The second kappa shape index (κ2) is 19.3. The van der Waals surface area contributed by atoms with Gasteiger partial charge in [-0.25, -0.2) is 37.6 Å². The number of ether oxygens (including phenoxy) is 2. The summed E-state index contributed by atoms with van der Waals surface area (Å²) >= 11 is 0. The van der Waals surface area contributed by atoms with Gasteiger partial charge in [-0.05, 0) is 123 Å². The van der Waals surface area contributed by atoms with Crippen molar-refractivity contribution in [2.24, 2.45) is 35.5 Å². The van der Waals surface area contributed by atoms with Crippen LogP contribution in [0.4, 0.5) is 29.7 Å². The molecule has 4 saturated heterocycles. The number of anilines is 2. The summed E-state index contributed by atoms with van der Waals surface area (Å²) in [5, 5.41) is 5.64. The van der Waals surface area contributed by atoms with Crippen LogP contribution in [0.3, 0.4) is 0 Å². The van der Waals surface area contributed by atoms with E-state index in [-0.39, 0.29) is 69.6 Å². The van der Waals surface area contributed by atoms with Gasteiger partial charge >= 0.3 is 18.1 Å². The van der Waals surface area contributed by atoms with Crippen molar-refractivity contribution in [3.8, 4) is 0 Å². The highest BCUT2D eigenvalue weighted by atomic mass is 19.1. The van der Waals surface area contributed by atoms with E-state index >= 15 is 8.78 Å². The number of methoxy groups -OCH3 is 2. The predicted octanol–water partition coefficient (Wildman–Crippen LogP) is 10.1. The van der Waals surface area contributed by atoms with Crippen LogP contribution in [0.5, 0.6) is 0 Å². The molecular formula is C56H70F2N9O6+. The van der Waals surface area contributed by atoms with E-state index in [2.05, 4.69) is 49.8 Å². The lowest BCUT2D eigenvalue weighted by Crippen LogP contribution is -2.60. The summed E-state index contributed by atoms with van der Waals surface area (Å²) in [6.45, 7) is 10.3. The number of quaternary nitrogens is 1. The number of carbonyl (C=O) groups excluding carboxylic acids is 4. The number of nitrogens with one attached hydrogen (secondary N) is 4. The molecule has 4 bridgehead atoms. The quantitative estimate of drug-likeness (QED) is 0.0832. The van der Waals surface area contributed by atoms with Gasteiger partial charge in [0.1, 0.15) is 17.6 Å². The first kappa shape index (κ1) is 49.1. The maximum atomic E-state index is 16.5. The molecule has 4 N–H and O–H groups in total. The molecule has 0 spiro atoms. The molecule has 11 atom stereocenters. The minimum Gasteiger partial charge on any atom is -0.453 e. The van der Waals surface area contributed by atoms with Crippen molar-refractivity contribution < 1.29 is 41.9 Å². The summed E-state index contributed by atoms with van der Waals surface area (Å²) < 4.78 is 43.1. The average molecular weight is 1000 g/mol. The van der Waals surface area contributed by atoms with Crippen molar-refractivity contribution in [3.05, 3.63) is 82.9 Å². The van der Waals surface area contributed by atoms with Crippen LogP contribution in [0.2, 0.25) is 0 Å². The first-order valence-corrected chi connectivity index (χ1v) is 26.8. The van der Waals surface area contributed by atoms with Crippen molar-refractivity contribution in [2.45, 2.75) is 128 Å². The van der Waals surface area contributed by atoms with E-state index in [1.165, 1.54) is 26.4 Å². The van der Waals surface area contributed by atoms with E-state index in [9.17, 15) is 19.2 Å². The molecule has 5 unspecified atom stereocenters. The normalized spacial score (nSPS) is 28.4. The third kappa shape index (κ3) is 8.60. The summed E-state index contributed by atoms with van der Waals surface area (Å²) in [6.07, 6.45) is 7.64. The molecule has 17 heteroatoms. The Bertz CT molecular complexity index is 2840. The van der Waals surface area contributed by atoms with Crippen molar-refractivity contribution in [2.75, 3.05) is 50.2 Å². The number of aromatic amines is 2. The minimum absolute atomic E-state index is 0.0233. The number of carbonyl (C=O) groups is 4. The molecule has 11 rings (SSSR count). The van der Waals surface area contributed by atoms with Gasteiger partial charge in [0, 0.05) is 49.4 Å². The zero-order valence-electron chi connectivity index (χ0n) is 42.9. The summed E-state index contributed by atoms with van der Waals surface area (Å²) in [6, 6.07) is 13.3. The average Bonchev–Trinajstić information content (AvgIpc) is 4.26. The number of aromatic nitrogens is 4. The third-order valence-electron chi connectivity index (χ3n) is 18.0. The van der Waals surface area contributed by atoms with Gasteiger partial charge in [-0.3, -0.25) is 4.79 Å². The van der Waals surface area contributed by atoms with Gasteiger partial charge in [0.05, 0.1) is 67.5 Å². The van der Waals surface area contributed by atoms with Crippen molar-refractivity contribution >= 4 is 57.3 Å². The highest BCUT2D eigenvalue weighted by molar-refractivity contribution is 5.91. The Hall–Kier alpha value is -6.10. The first-order valence-electron chi connectivity index (χ1n) is 26.8. The van der Waals surface area contributed by atoms with Crippen LogP contribution in [0, 0.1) is 47.1 Å². The summed E-state index contributed by atoms with van der Waals surface area (Å²) in [5.41, 5.74) is 5.64. The van der Waals surface area contributed by atoms with Crippen LogP contribution in [0.25, 0.3) is 22.1 Å². The lowest BCUT2D eigenvalue weighted by atomic mass is 9.73. The first-order chi connectivity index (χ1) is 35.2. The minimum atomic E-state index is -0.713. The molecule has 6 aliphatic rings. The number of amides is 3. The van der Waals surface area contributed by atoms with E-state index in [1.807, 2.05) is 44.7 Å². The monoisotopic (exact) mass is 1000 g/mol. The fourth-order valence-corrected chi connectivity index (χ4v) is 14.5. The Kier molecular flexibility index (Phi) is 13.0. The standard InChI is InChI=1S/C56H69F2N9O6/c1-29(2)48(63-55(70)72-5)51(68)46-34-10-11-35(23-34)47(46)53-60-40-15-13-33(25-42(40)62-53)44-17-16-43(66(44)36-26-37(57)50(38(58)27-36)65-19-8-7-9-20-65)32-12-14-39-41(24-32)61-52(59-39)45-22-31-18-21-67(45,28-31)54(69)49(30(3)4)64-56(71)73-6/h12-15,24-27,29-31,34-35,43-49H,7-11,16-23,28H2,1-6H3,(H3-,59,60,61,62,63,64,70,71)/p+1/t31?,34?,35?,43-,44-,45-,46?,47-,48+,49+,67?/m1/s1. The number of fused-ring (bicyclic) bond motifs is 6. The maximum absolute atomic E-state index is 16.5. The third-order valence-corrected chi connectivity index (χ3v) is 18.0. The number of nitrogens with zero attached hydrogens (tertiary/aromatic N) is 5. The molecule has 6 fully saturated rings. The maximum Gasteiger partial charge on any atom is 0.407 e. The zero-order chi connectivity index (χ0) is 51.0. The highest BCUT2D eigenvalue weighted by Crippen LogP contribution is 2.57. The molecular weight excluding hydrogens is 933 g/mol. The van der Waals surface area contributed by atoms with Crippen molar-refractivity contribution in [1.29, 1.82) is 0 Å². The predicted molar refractivity (Wildman–Crippen MR) is 273 cm³/mol. The molecule has 73 heavy (non-hydrogen) atoms. The van der Waals surface area contributed by atoms with Crippen LogP contribution in [0.15, 0.2) is 48.5 Å². The molecule has 388 valence electrons. The van der Waals surface area contributed by atoms with Gasteiger partial charge < -0.3 is 39.9 Å². The topological polar surface area (TPSA) is 175 Å². The van der Waals surface area contributed by atoms with E-state index in [4.69, 9.17) is 19.4 Å². The molecule has 6 heterocycles. The molecule has 3 aromatic carbocycles. The number of benzene rings is 3. The highest BCUT2D eigenvalue weighted by Gasteiger charge is 2.60. The molecule has 4 aliphatic heterocycles. The van der Waals surface area contributed by atoms with Crippen LogP contribution in [-0.2, 0) is 19.1 Å². The Morgan fingerprint density at radius 1 is 0.712 bits per heavy atom. The van der Waals surface area contributed by atoms with Crippen molar-refractivity contribution in [1.82, 2.24) is 30.6 Å². The lowest BCUT2D eigenvalue weighted by Gasteiger charge is -2.38. The van der Waals surface area contributed by atoms with Gasteiger partial charge in [-0.15, -0.1) is 0 Å².